The van der Waals surface area contributed by atoms with Crippen LogP contribution in [0.1, 0.15) is 10.6 Å². The highest BCUT2D eigenvalue weighted by molar-refractivity contribution is 7.80. The summed E-state index contributed by atoms with van der Waals surface area (Å²) in [7, 11) is 0. The zero-order chi connectivity index (χ0) is 20.4. The summed E-state index contributed by atoms with van der Waals surface area (Å²) in [6.07, 6.45) is 1.72. The van der Waals surface area contributed by atoms with Crippen molar-refractivity contribution in [1.82, 2.24) is 10.3 Å². The van der Waals surface area contributed by atoms with Gasteiger partial charge >= 0.3 is 0 Å². The summed E-state index contributed by atoms with van der Waals surface area (Å²) in [6, 6.07) is 17.8. The number of rotatable bonds is 3. The fourth-order valence-corrected chi connectivity index (χ4v) is 3.43. The molecular weight excluding hydrogens is 429 g/mol. The molecule has 0 aliphatic heterocycles. The molecule has 0 spiro atoms. The van der Waals surface area contributed by atoms with Gasteiger partial charge in [0.05, 0.1) is 15.6 Å². The van der Waals surface area contributed by atoms with Gasteiger partial charge in [-0.2, -0.15) is 0 Å². The van der Waals surface area contributed by atoms with Gasteiger partial charge in [-0.3, -0.25) is 15.1 Å². The van der Waals surface area contributed by atoms with E-state index in [4.69, 9.17) is 39.8 Å². The van der Waals surface area contributed by atoms with E-state index >= 15 is 0 Å². The molecule has 1 amide bonds. The number of hydrogen-bond acceptors (Lipinski definition) is 4. The number of nitrogens with zero attached hydrogens (tertiary/aromatic N) is 1. The van der Waals surface area contributed by atoms with Gasteiger partial charge in [0.2, 0.25) is 0 Å². The number of aromatic nitrogens is 1. The molecule has 0 fully saturated rings. The zero-order valence-electron chi connectivity index (χ0n) is 14.8. The maximum Gasteiger partial charge on any atom is 0.293 e. The first-order valence-corrected chi connectivity index (χ1v) is 9.69. The first kappa shape index (κ1) is 19.4. The van der Waals surface area contributed by atoms with E-state index in [1.807, 2.05) is 30.3 Å². The molecule has 0 bridgehead atoms. The Labute approximate surface area is 181 Å². The lowest BCUT2D eigenvalue weighted by atomic mass is 10.2. The molecule has 0 saturated carbocycles. The van der Waals surface area contributed by atoms with Crippen molar-refractivity contribution in [2.45, 2.75) is 0 Å². The van der Waals surface area contributed by atoms with Crippen molar-refractivity contribution in [1.29, 1.82) is 0 Å². The minimum absolute atomic E-state index is 0.0970. The minimum atomic E-state index is -0.481. The third kappa shape index (κ3) is 4.10. The van der Waals surface area contributed by atoms with Gasteiger partial charge in [0.25, 0.3) is 5.91 Å². The van der Waals surface area contributed by atoms with Crippen LogP contribution >= 0.6 is 35.4 Å². The van der Waals surface area contributed by atoms with Crippen molar-refractivity contribution in [2.24, 2.45) is 0 Å². The van der Waals surface area contributed by atoms with Crippen LogP contribution < -0.4 is 10.6 Å². The monoisotopic (exact) mass is 441 g/mol. The number of thiocarbonyl (C=S) groups is 1. The number of amides is 1. The first-order chi connectivity index (χ1) is 14.0. The summed E-state index contributed by atoms with van der Waals surface area (Å²) in [5.74, 6) is 0.0479. The van der Waals surface area contributed by atoms with Crippen LogP contribution in [-0.2, 0) is 0 Å². The van der Waals surface area contributed by atoms with Crippen LogP contribution in [0.25, 0.3) is 22.2 Å². The largest absolute Gasteiger partial charge is 0.451 e. The standard InChI is InChI=1S/C21H13Cl2N3O2S/c22-14-6-1-4-13(19(14)23)17-9-10-18(28-17)20(27)26-21(29)25-16-8-2-7-15-12(16)5-3-11-24-15/h1-11H,(H2,25,26,27,29). The maximum absolute atomic E-state index is 12.5. The number of furan rings is 1. The van der Waals surface area contributed by atoms with Crippen LogP contribution in [-0.4, -0.2) is 16.0 Å². The van der Waals surface area contributed by atoms with Gasteiger partial charge in [0, 0.05) is 22.8 Å². The van der Waals surface area contributed by atoms with Gasteiger partial charge in [-0.25, -0.2) is 0 Å². The minimum Gasteiger partial charge on any atom is -0.451 e. The number of carbonyl (C=O) groups is 1. The second-order valence-electron chi connectivity index (χ2n) is 6.05. The van der Waals surface area contributed by atoms with Crippen LogP contribution in [0.15, 0.2) is 71.3 Å². The number of pyridine rings is 1. The molecule has 5 nitrogen and oxygen atoms in total. The molecule has 0 aliphatic rings. The molecule has 4 rings (SSSR count). The van der Waals surface area contributed by atoms with Gasteiger partial charge < -0.3 is 9.73 Å². The number of nitrogens with one attached hydrogen (secondary N) is 2. The van der Waals surface area contributed by atoms with Crippen molar-refractivity contribution in [3.05, 3.63) is 82.7 Å². The molecule has 2 aromatic heterocycles. The molecule has 2 heterocycles. The highest BCUT2D eigenvalue weighted by Crippen LogP contribution is 2.34. The van der Waals surface area contributed by atoms with Gasteiger partial charge in [-0.05, 0) is 60.7 Å². The van der Waals surface area contributed by atoms with Crippen molar-refractivity contribution in [2.75, 3.05) is 5.32 Å². The van der Waals surface area contributed by atoms with Gasteiger partial charge in [-0.1, -0.05) is 35.3 Å². The van der Waals surface area contributed by atoms with Crippen molar-refractivity contribution in [3.63, 3.8) is 0 Å². The van der Waals surface area contributed by atoms with Crippen LogP contribution in [0, 0.1) is 0 Å². The van der Waals surface area contributed by atoms with E-state index in [0.29, 0.717) is 21.4 Å². The lowest BCUT2D eigenvalue weighted by Crippen LogP contribution is -2.33. The first-order valence-electron chi connectivity index (χ1n) is 8.53. The maximum atomic E-state index is 12.5. The van der Waals surface area contributed by atoms with Gasteiger partial charge in [0.15, 0.2) is 10.9 Å². The number of anilines is 1. The second kappa shape index (κ2) is 8.21. The fourth-order valence-electron chi connectivity index (χ4n) is 2.83. The molecule has 29 heavy (non-hydrogen) atoms. The van der Waals surface area contributed by atoms with E-state index in [2.05, 4.69) is 15.6 Å². The second-order valence-corrected chi connectivity index (χ2v) is 7.24. The van der Waals surface area contributed by atoms with E-state index in [1.54, 1.807) is 36.5 Å². The normalized spacial score (nSPS) is 10.7. The molecule has 0 saturated heterocycles. The van der Waals surface area contributed by atoms with Crippen LogP contribution in [0.4, 0.5) is 5.69 Å². The summed E-state index contributed by atoms with van der Waals surface area (Å²) >= 11 is 17.5. The number of hydrogen-bond donors (Lipinski definition) is 2. The average molecular weight is 442 g/mol. The molecule has 8 heteroatoms. The van der Waals surface area contributed by atoms with E-state index in [-0.39, 0.29) is 10.9 Å². The molecule has 0 unspecified atom stereocenters. The van der Waals surface area contributed by atoms with E-state index in [1.165, 1.54) is 0 Å². The third-order valence-electron chi connectivity index (χ3n) is 4.17. The van der Waals surface area contributed by atoms with Crippen molar-refractivity contribution < 1.29 is 9.21 Å². The Morgan fingerprint density at radius 3 is 2.69 bits per heavy atom. The Kier molecular flexibility index (Phi) is 5.49. The molecule has 0 aliphatic carbocycles. The summed E-state index contributed by atoms with van der Waals surface area (Å²) in [4.78, 5) is 16.8. The summed E-state index contributed by atoms with van der Waals surface area (Å²) in [5.41, 5.74) is 2.16. The van der Waals surface area contributed by atoms with Gasteiger partial charge in [-0.15, -0.1) is 0 Å². The SMILES string of the molecule is O=C(NC(=S)Nc1cccc2ncccc12)c1ccc(-c2cccc(Cl)c2Cl)o1. The topological polar surface area (TPSA) is 67.2 Å². The lowest BCUT2D eigenvalue weighted by Gasteiger charge is -2.10. The number of fused-ring (bicyclic) bond motifs is 1. The zero-order valence-corrected chi connectivity index (χ0v) is 17.1. The molecule has 4 aromatic rings. The summed E-state index contributed by atoms with van der Waals surface area (Å²) in [5, 5.41) is 7.43. The number of halogens is 2. The predicted octanol–water partition coefficient (Wildman–Crippen LogP) is 5.93. The Morgan fingerprint density at radius 1 is 1.00 bits per heavy atom. The Balaban J connectivity index is 1.49. The lowest BCUT2D eigenvalue weighted by molar-refractivity contribution is 0.0951. The molecule has 144 valence electrons. The molecular formula is C21H13Cl2N3O2S. The Hall–Kier alpha value is -2.93. The fraction of sp³-hybridized carbons (Fsp3) is 0. The van der Waals surface area contributed by atoms with E-state index in [9.17, 15) is 4.79 Å². The summed E-state index contributed by atoms with van der Waals surface area (Å²) in [6.45, 7) is 0. The van der Waals surface area contributed by atoms with Crippen LogP contribution in [0.3, 0.4) is 0 Å². The third-order valence-corrected chi connectivity index (χ3v) is 5.19. The van der Waals surface area contributed by atoms with Crippen LogP contribution in [0.2, 0.25) is 10.0 Å². The van der Waals surface area contributed by atoms with E-state index < -0.39 is 5.91 Å². The van der Waals surface area contributed by atoms with E-state index in [0.717, 1.165) is 16.6 Å². The number of carbonyl (C=O) groups excluding carboxylic acids is 1. The highest BCUT2D eigenvalue weighted by atomic mass is 35.5. The highest BCUT2D eigenvalue weighted by Gasteiger charge is 2.16. The van der Waals surface area contributed by atoms with Crippen molar-refractivity contribution >= 4 is 63.0 Å². The summed E-state index contributed by atoms with van der Waals surface area (Å²) < 4.78 is 5.64. The predicted molar refractivity (Wildman–Crippen MR) is 120 cm³/mol. The molecule has 0 atom stereocenters. The van der Waals surface area contributed by atoms with Crippen molar-refractivity contribution in [3.8, 4) is 11.3 Å². The average Bonchev–Trinajstić information content (AvgIpc) is 3.20. The van der Waals surface area contributed by atoms with Crippen LogP contribution in [0.5, 0.6) is 0 Å². The molecule has 2 aromatic carbocycles. The molecule has 0 radical (unpaired) electrons. The quantitative estimate of drug-likeness (QED) is 0.385. The molecule has 2 N–H and O–H groups in total. The van der Waals surface area contributed by atoms with Gasteiger partial charge in [0.1, 0.15) is 5.76 Å². The Morgan fingerprint density at radius 2 is 1.83 bits per heavy atom. The smallest absolute Gasteiger partial charge is 0.293 e. The Bertz CT molecular complexity index is 1230. The number of benzene rings is 2.